The molecule has 3 rings (SSSR count). The van der Waals surface area contributed by atoms with E-state index in [0.717, 1.165) is 6.26 Å². The maximum absolute atomic E-state index is 12.1. The maximum Gasteiger partial charge on any atom is 0.338 e. The predicted octanol–water partition coefficient (Wildman–Crippen LogP) is 4.70. The average Bonchev–Trinajstić information content (AvgIpc) is 3.05. The van der Waals surface area contributed by atoms with Gasteiger partial charge in [-0.2, -0.15) is 0 Å². The van der Waals surface area contributed by atoms with E-state index in [1.807, 2.05) is 6.07 Å². The van der Waals surface area contributed by atoms with E-state index in [0.29, 0.717) is 39.1 Å². The monoisotopic (exact) mass is 452 g/mol. The first-order valence-electron chi connectivity index (χ1n) is 8.09. The van der Waals surface area contributed by atoms with Gasteiger partial charge in [-0.1, -0.05) is 15.9 Å². The third kappa shape index (κ3) is 4.33. The molecule has 142 valence electrons. The van der Waals surface area contributed by atoms with Crippen LogP contribution in [-0.2, 0) is 19.9 Å². The average molecular weight is 453 g/mol. The number of benzene rings is 2. The van der Waals surface area contributed by atoms with Gasteiger partial charge in [0, 0.05) is 6.26 Å². The van der Waals surface area contributed by atoms with E-state index >= 15 is 0 Å². The molecule has 0 saturated heterocycles. The lowest BCUT2D eigenvalue weighted by molar-refractivity contribution is 0.0526. The van der Waals surface area contributed by atoms with Gasteiger partial charge in [-0.05, 0) is 49.4 Å². The summed E-state index contributed by atoms with van der Waals surface area (Å²) in [5, 5.41) is 1.21. The summed E-state index contributed by atoms with van der Waals surface area (Å²) in [6.07, 6.45) is 1.14. The molecule has 0 fully saturated rings. The number of sulfone groups is 1. The summed E-state index contributed by atoms with van der Waals surface area (Å²) in [6.45, 7) is 1.98. The fourth-order valence-corrected chi connectivity index (χ4v) is 3.43. The number of esters is 1. The Bertz CT molecular complexity index is 1080. The highest BCUT2D eigenvalue weighted by atomic mass is 79.9. The van der Waals surface area contributed by atoms with E-state index in [1.54, 1.807) is 31.2 Å². The minimum absolute atomic E-state index is 0.199. The zero-order valence-corrected chi connectivity index (χ0v) is 17.1. The van der Waals surface area contributed by atoms with Crippen molar-refractivity contribution < 1.29 is 27.1 Å². The van der Waals surface area contributed by atoms with Gasteiger partial charge in [0.15, 0.2) is 9.84 Å². The van der Waals surface area contributed by atoms with Gasteiger partial charge in [-0.25, -0.2) is 13.2 Å². The normalized spacial score (nSPS) is 11.5. The number of fused-ring (bicyclic) bond motifs is 1. The molecule has 2 aromatic carbocycles. The summed E-state index contributed by atoms with van der Waals surface area (Å²) >= 11 is 3.34. The molecule has 0 bridgehead atoms. The molecular formula is C19H17BrO6S. The van der Waals surface area contributed by atoms with Gasteiger partial charge in [-0.15, -0.1) is 0 Å². The van der Waals surface area contributed by atoms with Crippen LogP contribution in [0.5, 0.6) is 11.5 Å². The fourth-order valence-electron chi connectivity index (χ4n) is 2.52. The Hall–Kier alpha value is -2.32. The van der Waals surface area contributed by atoms with Gasteiger partial charge in [0.25, 0.3) is 0 Å². The molecule has 0 spiro atoms. The lowest BCUT2D eigenvalue weighted by Gasteiger charge is -2.09. The molecule has 1 aromatic heterocycles. The molecule has 27 heavy (non-hydrogen) atoms. The largest absolute Gasteiger partial charge is 0.462 e. The molecule has 8 heteroatoms. The van der Waals surface area contributed by atoms with Gasteiger partial charge >= 0.3 is 5.97 Å². The van der Waals surface area contributed by atoms with Crippen LogP contribution in [0.3, 0.4) is 0 Å². The van der Waals surface area contributed by atoms with Gasteiger partial charge in [-0.3, -0.25) is 0 Å². The van der Waals surface area contributed by atoms with E-state index in [2.05, 4.69) is 15.9 Å². The van der Waals surface area contributed by atoms with Crippen molar-refractivity contribution in [3.63, 3.8) is 0 Å². The number of alkyl halides is 1. The van der Waals surface area contributed by atoms with Crippen molar-refractivity contribution in [2.24, 2.45) is 0 Å². The minimum atomic E-state index is -3.29. The van der Waals surface area contributed by atoms with Crippen molar-refractivity contribution in [2.75, 3.05) is 12.9 Å². The lowest BCUT2D eigenvalue weighted by Crippen LogP contribution is -2.04. The third-order valence-electron chi connectivity index (χ3n) is 3.77. The van der Waals surface area contributed by atoms with Crippen molar-refractivity contribution in [1.82, 2.24) is 0 Å². The molecule has 0 aliphatic heterocycles. The quantitative estimate of drug-likeness (QED) is 0.398. The third-order valence-corrected chi connectivity index (χ3v) is 5.45. The molecule has 1 heterocycles. The van der Waals surface area contributed by atoms with Crippen LogP contribution in [0.25, 0.3) is 11.0 Å². The molecule has 0 amide bonds. The second kappa shape index (κ2) is 7.74. The predicted molar refractivity (Wildman–Crippen MR) is 104 cm³/mol. The number of halogens is 1. The standard InChI is InChI=1S/C19H17BrO6S/c1-3-24-19(21)12-8-17(16-10-14(11-20)26-18(16)9-12)25-13-4-6-15(7-5-13)27(2,22)23/h4-10H,3,11H2,1-2H3. The van der Waals surface area contributed by atoms with Crippen LogP contribution in [-0.4, -0.2) is 27.2 Å². The number of hydrogen-bond acceptors (Lipinski definition) is 6. The van der Waals surface area contributed by atoms with E-state index in [4.69, 9.17) is 13.9 Å². The molecule has 6 nitrogen and oxygen atoms in total. The number of carbonyl (C=O) groups is 1. The van der Waals surface area contributed by atoms with Gasteiger partial charge in [0.1, 0.15) is 22.8 Å². The first kappa shape index (κ1) is 19.4. The zero-order valence-electron chi connectivity index (χ0n) is 14.7. The number of furan rings is 1. The van der Waals surface area contributed by atoms with Crippen LogP contribution in [0.4, 0.5) is 0 Å². The molecule has 0 N–H and O–H groups in total. The molecular weight excluding hydrogens is 436 g/mol. The van der Waals surface area contributed by atoms with Crippen LogP contribution < -0.4 is 4.74 Å². The van der Waals surface area contributed by atoms with Crippen LogP contribution >= 0.6 is 15.9 Å². The van der Waals surface area contributed by atoms with E-state index < -0.39 is 15.8 Å². The Balaban J connectivity index is 2.03. The number of ether oxygens (including phenoxy) is 2. The van der Waals surface area contributed by atoms with Crippen molar-refractivity contribution >= 4 is 42.7 Å². The van der Waals surface area contributed by atoms with Crippen molar-refractivity contribution in [2.45, 2.75) is 17.1 Å². The van der Waals surface area contributed by atoms with E-state index in [1.165, 1.54) is 12.1 Å². The molecule has 0 saturated carbocycles. The second-order valence-electron chi connectivity index (χ2n) is 5.80. The van der Waals surface area contributed by atoms with Crippen molar-refractivity contribution in [3.8, 4) is 11.5 Å². The summed E-state index contributed by atoms with van der Waals surface area (Å²) in [6, 6.07) is 11.1. The minimum Gasteiger partial charge on any atom is -0.462 e. The molecule has 0 aliphatic carbocycles. The first-order valence-corrected chi connectivity index (χ1v) is 11.1. The van der Waals surface area contributed by atoms with E-state index in [-0.39, 0.29) is 11.5 Å². The smallest absolute Gasteiger partial charge is 0.338 e. The van der Waals surface area contributed by atoms with Crippen LogP contribution in [0.2, 0.25) is 0 Å². The van der Waals surface area contributed by atoms with Gasteiger partial charge in [0.05, 0.1) is 27.8 Å². The molecule has 0 unspecified atom stereocenters. The molecule has 0 atom stereocenters. The molecule has 0 radical (unpaired) electrons. The van der Waals surface area contributed by atoms with Crippen LogP contribution in [0.15, 0.2) is 51.8 Å². The highest BCUT2D eigenvalue weighted by Crippen LogP contribution is 2.35. The second-order valence-corrected chi connectivity index (χ2v) is 8.38. The first-order chi connectivity index (χ1) is 12.8. The maximum atomic E-state index is 12.1. The van der Waals surface area contributed by atoms with Crippen molar-refractivity contribution in [1.29, 1.82) is 0 Å². The Morgan fingerprint density at radius 1 is 1.15 bits per heavy atom. The fraction of sp³-hybridized carbons (Fsp3) is 0.211. The summed E-state index contributed by atoms with van der Waals surface area (Å²) in [5.74, 6) is 1.06. The number of rotatable bonds is 6. The lowest BCUT2D eigenvalue weighted by atomic mass is 10.1. The van der Waals surface area contributed by atoms with Crippen molar-refractivity contribution in [3.05, 3.63) is 53.8 Å². The Morgan fingerprint density at radius 3 is 2.44 bits per heavy atom. The molecule has 3 aromatic rings. The number of hydrogen-bond donors (Lipinski definition) is 0. The Morgan fingerprint density at radius 2 is 1.85 bits per heavy atom. The zero-order chi connectivity index (χ0) is 19.6. The molecule has 0 aliphatic rings. The van der Waals surface area contributed by atoms with Gasteiger partial charge < -0.3 is 13.9 Å². The topological polar surface area (TPSA) is 82.8 Å². The Labute approximate surface area is 165 Å². The van der Waals surface area contributed by atoms with Crippen LogP contribution in [0, 0.1) is 0 Å². The summed E-state index contributed by atoms with van der Waals surface area (Å²) < 4.78 is 39.8. The SMILES string of the molecule is CCOC(=O)c1cc(Oc2ccc(S(C)(=O)=O)cc2)c2cc(CBr)oc2c1. The van der Waals surface area contributed by atoms with Gasteiger partial charge in [0.2, 0.25) is 0 Å². The summed E-state index contributed by atoms with van der Waals surface area (Å²) in [5.41, 5.74) is 0.806. The summed E-state index contributed by atoms with van der Waals surface area (Å²) in [4.78, 5) is 12.3. The Kier molecular flexibility index (Phi) is 5.57. The highest BCUT2D eigenvalue weighted by Gasteiger charge is 2.16. The van der Waals surface area contributed by atoms with Crippen LogP contribution in [0.1, 0.15) is 23.0 Å². The summed E-state index contributed by atoms with van der Waals surface area (Å²) in [7, 11) is -3.29. The van der Waals surface area contributed by atoms with E-state index in [9.17, 15) is 13.2 Å². The highest BCUT2D eigenvalue weighted by molar-refractivity contribution is 9.08. The number of carbonyl (C=O) groups excluding carboxylic acids is 1.